The minimum absolute atomic E-state index is 0.299. The molecule has 0 fully saturated rings. The first-order valence-electron chi connectivity index (χ1n) is 8.79. The van der Waals surface area contributed by atoms with E-state index in [1.807, 2.05) is 24.3 Å². The van der Waals surface area contributed by atoms with E-state index < -0.39 is 0 Å². The third-order valence-electron chi connectivity index (χ3n) is 4.45. The van der Waals surface area contributed by atoms with Gasteiger partial charge in [-0.1, -0.05) is 27.7 Å². The van der Waals surface area contributed by atoms with Crippen molar-refractivity contribution < 1.29 is 4.42 Å². The second kappa shape index (κ2) is 7.99. The average molecular weight is 477 g/mol. The fourth-order valence-electron chi connectivity index (χ4n) is 2.95. The van der Waals surface area contributed by atoms with Crippen molar-refractivity contribution in [2.75, 3.05) is 5.75 Å². The fraction of sp³-hybridized carbons (Fsp3) is 0.278. The summed E-state index contributed by atoms with van der Waals surface area (Å²) in [5.74, 6) is 1.08. The maximum absolute atomic E-state index is 12.7. The fourth-order valence-corrected chi connectivity index (χ4v) is 3.90. The maximum Gasteiger partial charge on any atom is 0.332 e. The molecule has 0 bridgehead atoms. The molecule has 0 spiro atoms. The van der Waals surface area contributed by atoms with Gasteiger partial charge in [-0.25, -0.2) is 9.78 Å². The Hall–Kier alpha value is -2.66. The molecule has 150 valence electrons. The molecule has 29 heavy (non-hydrogen) atoms. The number of fused-ring (bicyclic) bond motifs is 1. The average Bonchev–Trinajstić information content (AvgIpc) is 3.33. The van der Waals surface area contributed by atoms with Crippen LogP contribution in [-0.2, 0) is 20.6 Å². The van der Waals surface area contributed by atoms with Crippen LogP contribution < -0.4 is 11.2 Å². The Balaban J connectivity index is 1.43. The summed E-state index contributed by atoms with van der Waals surface area (Å²) in [7, 11) is 3.35. The standard InChI is InChI=1S/C18H17BrN6O3S/c1-23-10-20-14-13(23)16(26)25(18(27)24(14)2)8-3-9-29-17-22-21-15(28-17)11-4-6-12(19)7-5-11/h4-7,10H,3,8-9H2,1-2H3. The lowest BCUT2D eigenvalue weighted by atomic mass is 10.2. The normalized spacial score (nSPS) is 11.4. The Morgan fingerprint density at radius 1 is 1.14 bits per heavy atom. The minimum Gasteiger partial charge on any atom is -0.411 e. The van der Waals surface area contributed by atoms with Crippen LogP contribution in [0.2, 0.25) is 0 Å². The first kappa shape index (κ1) is 19.6. The zero-order chi connectivity index (χ0) is 20.5. The summed E-state index contributed by atoms with van der Waals surface area (Å²) < 4.78 is 10.9. The molecule has 11 heteroatoms. The summed E-state index contributed by atoms with van der Waals surface area (Å²) in [5.41, 5.74) is 0.937. The molecular formula is C18H17BrN6O3S. The Labute approximate surface area is 177 Å². The molecule has 0 saturated heterocycles. The number of thioether (sulfide) groups is 1. The Morgan fingerprint density at radius 2 is 1.90 bits per heavy atom. The lowest BCUT2D eigenvalue weighted by molar-refractivity contribution is 0.465. The van der Waals surface area contributed by atoms with Crippen molar-refractivity contribution in [3.63, 3.8) is 0 Å². The molecule has 0 saturated carbocycles. The molecule has 3 aromatic heterocycles. The Morgan fingerprint density at radius 3 is 2.66 bits per heavy atom. The van der Waals surface area contributed by atoms with Crippen LogP contribution in [-0.4, -0.2) is 34.6 Å². The number of hydrogen-bond acceptors (Lipinski definition) is 7. The number of imidazole rings is 1. The maximum atomic E-state index is 12.7. The monoisotopic (exact) mass is 476 g/mol. The van der Waals surface area contributed by atoms with Gasteiger partial charge in [-0.3, -0.25) is 13.9 Å². The number of aromatic nitrogens is 6. The largest absolute Gasteiger partial charge is 0.411 e. The van der Waals surface area contributed by atoms with Gasteiger partial charge >= 0.3 is 5.69 Å². The smallest absolute Gasteiger partial charge is 0.332 e. The van der Waals surface area contributed by atoms with E-state index in [1.165, 1.54) is 27.2 Å². The van der Waals surface area contributed by atoms with Crippen molar-refractivity contribution in [3.05, 3.63) is 55.9 Å². The third kappa shape index (κ3) is 3.79. The molecule has 0 atom stereocenters. The van der Waals surface area contributed by atoms with E-state index >= 15 is 0 Å². The number of rotatable bonds is 6. The van der Waals surface area contributed by atoms with Crippen molar-refractivity contribution in [2.24, 2.45) is 14.1 Å². The van der Waals surface area contributed by atoms with Crippen LogP contribution in [0.3, 0.4) is 0 Å². The second-order valence-corrected chi connectivity index (χ2v) is 8.37. The lowest BCUT2D eigenvalue weighted by Crippen LogP contribution is -2.39. The minimum atomic E-state index is -0.374. The first-order valence-corrected chi connectivity index (χ1v) is 10.6. The van der Waals surface area contributed by atoms with E-state index in [-0.39, 0.29) is 11.2 Å². The van der Waals surface area contributed by atoms with Crippen molar-refractivity contribution >= 4 is 38.9 Å². The highest BCUT2D eigenvalue weighted by molar-refractivity contribution is 9.10. The molecule has 0 radical (unpaired) electrons. The SMILES string of the molecule is Cn1cnc2c1c(=O)n(CCCSc1nnc(-c3ccc(Br)cc3)o1)c(=O)n2C. The molecule has 0 aliphatic heterocycles. The van der Waals surface area contributed by atoms with Crippen molar-refractivity contribution in [1.82, 2.24) is 28.9 Å². The van der Waals surface area contributed by atoms with Crippen molar-refractivity contribution in [1.29, 1.82) is 0 Å². The van der Waals surface area contributed by atoms with Gasteiger partial charge < -0.3 is 8.98 Å². The number of benzene rings is 1. The van der Waals surface area contributed by atoms with Crippen molar-refractivity contribution in [3.8, 4) is 11.5 Å². The summed E-state index contributed by atoms with van der Waals surface area (Å²) in [4.78, 5) is 29.3. The number of nitrogens with zero attached hydrogens (tertiary/aromatic N) is 6. The summed E-state index contributed by atoms with van der Waals surface area (Å²) >= 11 is 4.78. The molecular weight excluding hydrogens is 460 g/mol. The highest BCUT2D eigenvalue weighted by Gasteiger charge is 2.15. The van der Waals surface area contributed by atoms with E-state index in [4.69, 9.17) is 4.42 Å². The highest BCUT2D eigenvalue weighted by atomic mass is 79.9. The Bertz CT molecular complexity index is 1290. The second-order valence-electron chi connectivity index (χ2n) is 6.41. The van der Waals surface area contributed by atoms with Crippen LogP contribution in [0.15, 0.2) is 54.3 Å². The van der Waals surface area contributed by atoms with E-state index in [0.29, 0.717) is 41.0 Å². The molecule has 0 aliphatic carbocycles. The zero-order valence-electron chi connectivity index (χ0n) is 15.7. The number of aryl methyl sites for hydroxylation is 2. The van der Waals surface area contributed by atoms with Crippen LogP contribution in [0, 0.1) is 0 Å². The summed E-state index contributed by atoms with van der Waals surface area (Å²) in [6, 6.07) is 7.60. The molecule has 9 nitrogen and oxygen atoms in total. The highest BCUT2D eigenvalue weighted by Crippen LogP contribution is 2.24. The van der Waals surface area contributed by atoms with Gasteiger partial charge in [0.25, 0.3) is 10.8 Å². The predicted molar refractivity (Wildman–Crippen MR) is 113 cm³/mol. The van der Waals surface area contributed by atoms with Crippen LogP contribution in [0.4, 0.5) is 0 Å². The molecule has 3 heterocycles. The van der Waals surface area contributed by atoms with Gasteiger partial charge in [0, 0.05) is 36.4 Å². The summed E-state index contributed by atoms with van der Waals surface area (Å²) in [6.07, 6.45) is 2.13. The molecule has 4 aromatic rings. The van der Waals surface area contributed by atoms with E-state index in [2.05, 4.69) is 31.1 Å². The predicted octanol–water partition coefficient (Wildman–Crippen LogP) is 2.43. The number of hydrogen-bond donors (Lipinski definition) is 0. The lowest BCUT2D eigenvalue weighted by Gasteiger charge is -2.08. The summed E-state index contributed by atoms with van der Waals surface area (Å²) in [6.45, 7) is 0.299. The van der Waals surface area contributed by atoms with Gasteiger partial charge in [-0.15, -0.1) is 10.2 Å². The van der Waals surface area contributed by atoms with Crippen LogP contribution in [0.1, 0.15) is 6.42 Å². The van der Waals surface area contributed by atoms with Gasteiger partial charge in [0.15, 0.2) is 11.2 Å². The van der Waals surface area contributed by atoms with Crippen molar-refractivity contribution in [2.45, 2.75) is 18.2 Å². The first-order chi connectivity index (χ1) is 14.0. The zero-order valence-corrected chi connectivity index (χ0v) is 18.1. The van der Waals surface area contributed by atoms with E-state index in [9.17, 15) is 9.59 Å². The molecule has 1 aromatic carbocycles. The third-order valence-corrected chi connectivity index (χ3v) is 5.88. The van der Waals surface area contributed by atoms with Crippen LogP contribution >= 0.6 is 27.7 Å². The molecule has 0 unspecified atom stereocenters. The van der Waals surface area contributed by atoms with E-state index in [1.54, 1.807) is 18.7 Å². The topological polar surface area (TPSA) is 101 Å². The van der Waals surface area contributed by atoms with Gasteiger partial charge in [0.05, 0.1) is 6.33 Å². The molecule has 0 N–H and O–H groups in total. The Kier molecular flexibility index (Phi) is 5.41. The number of halogens is 1. The van der Waals surface area contributed by atoms with E-state index in [0.717, 1.165) is 10.0 Å². The molecule has 4 rings (SSSR count). The van der Waals surface area contributed by atoms with Gasteiger partial charge in [-0.05, 0) is 30.7 Å². The van der Waals surface area contributed by atoms with Crippen LogP contribution in [0.5, 0.6) is 0 Å². The summed E-state index contributed by atoms with van der Waals surface area (Å²) in [5, 5.41) is 8.55. The van der Waals surface area contributed by atoms with Crippen LogP contribution in [0.25, 0.3) is 22.6 Å². The molecule has 0 amide bonds. The van der Waals surface area contributed by atoms with Gasteiger partial charge in [0.1, 0.15) is 0 Å². The van der Waals surface area contributed by atoms with Gasteiger partial charge in [-0.2, -0.15) is 0 Å². The quantitative estimate of drug-likeness (QED) is 0.311. The molecule has 0 aliphatic rings. The van der Waals surface area contributed by atoms with Gasteiger partial charge in [0.2, 0.25) is 5.89 Å².